The highest BCUT2D eigenvalue weighted by molar-refractivity contribution is 4.63. The Kier molecular flexibility index (Phi) is 5.62. The van der Waals surface area contributed by atoms with Gasteiger partial charge in [0.05, 0.1) is 0 Å². The van der Waals surface area contributed by atoms with Crippen molar-refractivity contribution in [2.24, 2.45) is 17.8 Å². The van der Waals surface area contributed by atoms with Gasteiger partial charge in [-0.15, -0.1) is 0 Å². The van der Waals surface area contributed by atoms with Gasteiger partial charge in [0.15, 0.2) is 0 Å². The molecule has 3 unspecified atom stereocenters. The van der Waals surface area contributed by atoms with Crippen molar-refractivity contribution in [1.29, 1.82) is 0 Å². The molecule has 0 heteroatoms. The van der Waals surface area contributed by atoms with Crippen molar-refractivity contribution in [1.82, 2.24) is 0 Å². The van der Waals surface area contributed by atoms with Gasteiger partial charge in [-0.25, -0.2) is 0 Å². The van der Waals surface area contributed by atoms with Crippen LogP contribution in [-0.2, 0) is 0 Å². The average molecular weight is 156 g/mol. The van der Waals surface area contributed by atoms with E-state index in [2.05, 4.69) is 34.6 Å². The van der Waals surface area contributed by atoms with E-state index in [1.54, 1.807) is 0 Å². The molecule has 68 valence electrons. The monoisotopic (exact) mass is 156 g/mol. The summed E-state index contributed by atoms with van der Waals surface area (Å²) in [5.41, 5.74) is 0. The van der Waals surface area contributed by atoms with E-state index >= 15 is 0 Å². The van der Waals surface area contributed by atoms with Crippen LogP contribution < -0.4 is 0 Å². The summed E-state index contributed by atoms with van der Waals surface area (Å²) < 4.78 is 0. The van der Waals surface area contributed by atoms with E-state index in [1.165, 1.54) is 19.3 Å². The predicted octanol–water partition coefficient (Wildman–Crippen LogP) is 4.10. The molecule has 0 aliphatic carbocycles. The van der Waals surface area contributed by atoms with Crippen molar-refractivity contribution in [3.8, 4) is 0 Å². The fourth-order valence-corrected chi connectivity index (χ4v) is 1.44. The van der Waals surface area contributed by atoms with Crippen LogP contribution in [-0.4, -0.2) is 0 Å². The first kappa shape index (κ1) is 11.0. The molecule has 0 bridgehead atoms. The highest BCUT2D eigenvalue weighted by atomic mass is 14.2. The van der Waals surface area contributed by atoms with Gasteiger partial charge in [0.25, 0.3) is 0 Å². The van der Waals surface area contributed by atoms with Crippen LogP contribution in [0.2, 0.25) is 0 Å². The summed E-state index contributed by atoms with van der Waals surface area (Å²) in [6, 6.07) is 0. The quantitative estimate of drug-likeness (QED) is 0.562. The lowest BCUT2D eigenvalue weighted by atomic mass is 9.85. The summed E-state index contributed by atoms with van der Waals surface area (Å²) in [5, 5.41) is 0. The van der Waals surface area contributed by atoms with E-state index in [1.807, 2.05) is 0 Å². The van der Waals surface area contributed by atoms with Crippen molar-refractivity contribution in [2.75, 3.05) is 0 Å². The molecule has 0 aliphatic heterocycles. The number of rotatable bonds is 5. The molecule has 0 heterocycles. The minimum Gasteiger partial charge on any atom is -0.0651 e. The van der Waals surface area contributed by atoms with Gasteiger partial charge in [-0.2, -0.15) is 0 Å². The lowest BCUT2D eigenvalue weighted by molar-refractivity contribution is 0.303. The van der Waals surface area contributed by atoms with Crippen LogP contribution in [0.25, 0.3) is 0 Å². The maximum Gasteiger partial charge on any atom is -0.0415 e. The Hall–Kier alpha value is 0. The standard InChI is InChI=1S/C11H24/c1-6-9(3)8-11(5)10(4)7-2/h9-11H,6-8H2,1-5H3. The van der Waals surface area contributed by atoms with Crippen molar-refractivity contribution >= 4 is 0 Å². The first-order chi connectivity index (χ1) is 5.11. The van der Waals surface area contributed by atoms with Crippen LogP contribution in [0.4, 0.5) is 0 Å². The largest absolute Gasteiger partial charge is 0.0651 e. The van der Waals surface area contributed by atoms with E-state index in [9.17, 15) is 0 Å². The van der Waals surface area contributed by atoms with Crippen LogP contribution >= 0.6 is 0 Å². The smallest absolute Gasteiger partial charge is 0.0415 e. The predicted molar refractivity (Wildman–Crippen MR) is 52.7 cm³/mol. The van der Waals surface area contributed by atoms with Crippen LogP contribution in [0, 0.1) is 17.8 Å². The maximum absolute atomic E-state index is 2.39. The fourth-order valence-electron chi connectivity index (χ4n) is 1.44. The summed E-state index contributed by atoms with van der Waals surface area (Å²) >= 11 is 0. The molecular formula is C11H24. The van der Waals surface area contributed by atoms with Crippen LogP contribution in [0.15, 0.2) is 0 Å². The molecule has 0 N–H and O–H groups in total. The Morgan fingerprint density at radius 2 is 1.36 bits per heavy atom. The Morgan fingerprint density at radius 1 is 0.818 bits per heavy atom. The Bertz CT molecular complexity index is 86.0. The van der Waals surface area contributed by atoms with Gasteiger partial charge in [-0.1, -0.05) is 47.5 Å². The summed E-state index contributed by atoms with van der Waals surface area (Å²) in [6.07, 6.45) is 4.07. The maximum atomic E-state index is 2.39. The van der Waals surface area contributed by atoms with E-state index in [-0.39, 0.29) is 0 Å². The Morgan fingerprint density at radius 3 is 1.73 bits per heavy atom. The first-order valence-corrected chi connectivity index (χ1v) is 5.11. The summed E-state index contributed by atoms with van der Waals surface area (Å²) in [7, 11) is 0. The molecule has 0 amide bonds. The molecule has 0 fully saturated rings. The van der Waals surface area contributed by atoms with Gasteiger partial charge in [0.1, 0.15) is 0 Å². The number of hydrogen-bond acceptors (Lipinski definition) is 0. The van der Waals surface area contributed by atoms with Crippen molar-refractivity contribution < 1.29 is 0 Å². The summed E-state index contributed by atoms with van der Waals surface area (Å²) in [5.74, 6) is 2.73. The minimum atomic E-state index is 0.906. The summed E-state index contributed by atoms with van der Waals surface area (Å²) in [4.78, 5) is 0. The van der Waals surface area contributed by atoms with E-state index in [0.717, 1.165) is 17.8 Å². The normalized spacial score (nSPS) is 19.4. The average Bonchev–Trinajstić information content (AvgIpc) is 2.02. The molecule has 0 aromatic carbocycles. The highest BCUT2D eigenvalue weighted by Crippen LogP contribution is 2.23. The van der Waals surface area contributed by atoms with E-state index in [0.29, 0.717) is 0 Å². The van der Waals surface area contributed by atoms with Gasteiger partial charge in [-0.05, 0) is 24.2 Å². The molecule has 0 rings (SSSR count). The lowest BCUT2D eigenvalue weighted by Gasteiger charge is -2.21. The van der Waals surface area contributed by atoms with Gasteiger partial charge in [0.2, 0.25) is 0 Å². The molecule has 0 aliphatic rings. The minimum absolute atomic E-state index is 0.906. The van der Waals surface area contributed by atoms with E-state index < -0.39 is 0 Å². The van der Waals surface area contributed by atoms with Gasteiger partial charge < -0.3 is 0 Å². The van der Waals surface area contributed by atoms with Gasteiger partial charge in [-0.3, -0.25) is 0 Å². The zero-order valence-corrected chi connectivity index (χ0v) is 8.85. The second kappa shape index (κ2) is 5.62. The molecule has 3 atom stereocenters. The molecule has 0 nitrogen and oxygen atoms in total. The van der Waals surface area contributed by atoms with Crippen LogP contribution in [0.1, 0.15) is 53.9 Å². The van der Waals surface area contributed by atoms with Crippen molar-refractivity contribution in [2.45, 2.75) is 53.9 Å². The van der Waals surface area contributed by atoms with Crippen molar-refractivity contribution in [3.05, 3.63) is 0 Å². The molecule has 11 heavy (non-hydrogen) atoms. The topological polar surface area (TPSA) is 0 Å². The molecule has 0 aromatic heterocycles. The van der Waals surface area contributed by atoms with Crippen LogP contribution in [0.3, 0.4) is 0 Å². The Balaban J connectivity index is 3.58. The third-order valence-corrected chi connectivity index (χ3v) is 3.09. The van der Waals surface area contributed by atoms with Gasteiger partial charge >= 0.3 is 0 Å². The lowest BCUT2D eigenvalue weighted by Crippen LogP contribution is -2.10. The molecular weight excluding hydrogens is 132 g/mol. The van der Waals surface area contributed by atoms with Crippen LogP contribution in [0.5, 0.6) is 0 Å². The Labute approximate surface area is 72.4 Å². The molecule has 0 spiro atoms. The third-order valence-electron chi connectivity index (χ3n) is 3.09. The fraction of sp³-hybridized carbons (Fsp3) is 1.00. The van der Waals surface area contributed by atoms with Gasteiger partial charge in [0, 0.05) is 0 Å². The SMILES string of the molecule is CCC(C)CC(C)C(C)CC. The first-order valence-electron chi connectivity index (χ1n) is 5.11. The second-order valence-corrected chi connectivity index (χ2v) is 4.11. The second-order valence-electron chi connectivity index (χ2n) is 4.11. The van der Waals surface area contributed by atoms with E-state index in [4.69, 9.17) is 0 Å². The molecule has 0 aromatic rings. The number of hydrogen-bond donors (Lipinski definition) is 0. The zero-order chi connectivity index (χ0) is 8.85. The summed E-state index contributed by atoms with van der Waals surface area (Å²) in [6.45, 7) is 11.7. The van der Waals surface area contributed by atoms with Crippen molar-refractivity contribution in [3.63, 3.8) is 0 Å². The molecule has 0 saturated carbocycles. The third kappa shape index (κ3) is 4.44. The molecule has 0 saturated heterocycles. The highest BCUT2D eigenvalue weighted by Gasteiger charge is 2.12. The zero-order valence-electron chi connectivity index (χ0n) is 8.85. The molecule has 0 radical (unpaired) electrons.